The highest BCUT2D eigenvalue weighted by molar-refractivity contribution is 6.06. The maximum absolute atomic E-state index is 13.0. The van der Waals surface area contributed by atoms with Crippen molar-refractivity contribution < 1.29 is 34.8 Å². The molecule has 1 spiro atoms. The fourth-order valence-corrected chi connectivity index (χ4v) is 7.96. The molecule has 5 fully saturated rings. The van der Waals surface area contributed by atoms with E-state index in [1.54, 1.807) is 13.8 Å². The van der Waals surface area contributed by atoms with E-state index < -0.39 is 58.1 Å². The first kappa shape index (κ1) is 18.0. The van der Waals surface area contributed by atoms with E-state index in [0.717, 1.165) is 0 Å². The maximum atomic E-state index is 13.0. The molecule has 9 atom stereocenters. The number of Topliss-reactive ketones (excluding diaryl/α,β-unsaturated/α-hetero) is 1. The molecule has 0 aromatic carbocycles. The molecule has 0 aromatic heterocycles. The minimum atomic E-state index is -1.67. The highest BCUT2D eigenvalue weighted by Gasteiger charge is 2.80. The summed E-state index contributed by atoms with van der Waals surface area (Å²) < 4.78 is 5.81. The fraction of sp³-hybridized carbons (Fsp3) is 0.900. The molecule has 7 nitrogen and oxygen atoms in total. The number of hydrogen-bond donors (Lipinski definition) is 4. The molecule has 1 saturated heterocycles. The second-order valence-corrected chi connectivity index (χ2v) is 10.2. The Bertz CT molecular complexity index is 751. The van der Waals surface area contributed by atoms with Gasteiger partial charge in [-0.3, -0.25) is 9.59 Å². The average molecular weight is 380 g/mol. The highest BCUT2D eigenvalue weighted by Crippen LogP contribution is 2.73. The van der Waals surface area contributed by atoms with Crippen LogP contribution in [0.15, 0.2) is 0 Å². The van der Waals surface area contributed by atoms with Crippen LogP contribution < -0.4 is 0 Å². The summed E-state index contributed by atoms with van der Waals surface area (Å²) in [6, 6.07) is 0. The molecule has 1 aliphatic heterocycles. The SMILES string of the molecule is CC1C[C@]2(O)[C@H]3CC(OC(=O)C3(C)C1=O)[C@@]13C[C@](O)(CO)[C@](O)(CC[C@@H]12)C3. The lowest BCUT2D eigenvalue weighted by molar-refractivity contribution is -0.281. The Morgan fingerprint density at radius 3 is 2.52 bits per heavy atom. The monoisotopic (exact) mass is 380 g/mol. The second-order valence-electron chi connectivity index (χ2n) is 10.2. The van der Waals surface area contributed by atoms with E-state index in [4.69, 9.17) is 4.74 Å². The summed E-state index contributed by atoms with van der Waals surface area (Å²) in [5, 5.41) is 43.9. The van der Waals surface area contributed by atoms with Gasteiger partial charge in [0.25, 0.3) is 0 Å². The minimum absolute atomic E-state index is 0.0870. The van der Waals surface area contributed by atoms with Crippen molar-refractivity contribution in [3.05, 3.63) is 0 Å². The van der Waals surface area contributed by atoms with Crippen LogP contribution in [0.5, 0.6) is 0 Å². The Hall–Kier alpha value is -1.02. The summed E-state index contributed by atoms with van der Waals surface area (Å²) >= 11 is 0. The molecule has 1 heterocycles. The first-order valence-electron chi connectivity index (χ1n) is 10.0. The van der Waals surface area contributed by atoms with Gasteiger partial charge >= 0.3 is 5.97 Å². The zero-order valence-electron chi connectivity index (χ0n) is 15.8. The third-order valence-electron chi connectivity index (χ3n) is 9.17. The summed E-state index contributed by atoms with van der Waals surface area (Å²) in [6.45, 7) is 2.78. The molecule has 4 N–H and O–H groups in total. The van der Waals surface area contributed by atoms with Crippen molar-refractivity contribution in [2.24, 2.45) is 28.6 Å². The quantitative estimate of drug-likeness (QED) is 0.371. The van der Waals surface area contributed by atoms with Crippen molar-refractivity contribution in [2.75, 3.05) is 6.61 Å². The molecule has 27 heavy (non-hydrogen) atoms. The van der Waals surface area contributed by atoms with Crippen molar-refractivity contribution in [2.45, 2.75) is 75.3 Å². The van der Waals surface area contributed by atoms with Crippen LogP contribution in [0.2, 0.25) is 0 Å². The lowest BCUT2D eigenvalue weighted by Crippen LogP contribution is -2.74. The number of carbonyl (C=O) groups excluding carboxylic acids is 2. The number of ether oxygens (including phenoxy) is 1. The molecule has 150 valence electrons. The maximum Gasteiger partial charge on any atom is 0.320 e. The molecular formula is C20H28O7. The van der Waals surface area contributed by atoms with Crippen molar-refractivity contribution in [1.82, 2.24) is 0 Å². The number of hydrogen-bond acceptors (Lipinski definition) is 7. The molecule has 5 aliphatic rings. The molecule has 5 rings (SSSR count). The largest absolute Gasteiger partial charge is 0.461 e. The predicted molar refractivity (Wildman–Crippen MR) is 91.2 cm³/mol. The van der Waals surface area contributed by atoms with Gasteiger partial charge in [-0.25, -0.2) is 0 Å². The van der Waals surface area contributed by atoms with E-state index in [1.165, 1.54) is 0 Å². The van der Waals surface area contributed by atoms with Gasteiger partial charge in [-0.15, -0.1) is 0 Å². The first-order chi connectivity index (χ1) is 12.5. The Labute approximate surface area is 157 Å². The van der Waals surface area contributed by atoms with E-state index in [1.807, 2.05) is 0 Å². The zero-order valence-corrected chi connectivity index (χ0v) is 15.8. The van der Waals surface area contributed by atoms with Crippen molar-refractivity contribution >= 4 is 11.8 Å². The van der Waals surface area contributed by atoms with Gasteiger partial charge in [-0.1, -0.05) is 6.92 Å². The third-order valence-corrected chi connectivity index (χ3v) is 9.17. The molecule has 0 radical (unpaired) electrons. The van der Waals surface area contributed by atoms with Crippen molar-refractivity contribution in [1.29, 1.82) is 0 Å². The molecule has 4 saturated carbocycles. The van der Waals surface area contributed by atoms with Crippen LogP contribution in [0.4, 0.5) is 0 Å². The number of esters is 1. The van der Waals surface area contributed by atoms with Gasteiger partial charge in [-0.05, 0) is 51.4 Å². The molecule has 4 aliphatic carbocycles. The van der Waals surface area contributed by atoms with E-state index in [2.05, 4.69) is 0 Å². The molecule has 3 unspecified atom stereocenters. The Morgan fingerprint density at radius 1 is 1.15 bits per heavy atom. The lowest BCUT2D eigenvalue weighted by atomic mass is 9.41. The second kappa shape index (κ2) is 4.75. The minimum Gasteiger partial charge on any atom is -0.461 e. The van der Waals surface area contributed by atoms with Crippen LogP contribution in [0.25, 0.3) is 0 Å². The number of rotatable bonds is 1. The summed E-state index contributed by atoms with van der Waals surface area (Å²) in [5.41, 5.74) is -6.48. The van der Waals surface area contributed by atoms with E-state index in [-0.39, 0.29) is 37.4 Å². The summed E-state index contributed by atoms with van der Waals surface area (Å²) in [4.78, 5) is 25.9. The van der Waals surface area contributed by atoms with Gasteiger partial charge in [0.05, 0.1) is 17.8 Å². The van der Waals surface area contributed by atoms with Crippen LogP contribution in [-0.2, 0) is 14.3 Å². The highest BCUT2D eigenvalue weighted by atomic mass is 16.6. The van der Waals surface area contributed by atoms with Crippen molar-refractivity contribution in [3.8, 4) is 0 Å². The van der Waals surface area contributed by atoms with Gasteiger partial charge in [0.1, 0.15) is 17.1 Å². The number of aliphatic hydroxyl groups is 4. The molecule has 0 amide bonds. The zero-order chi connectivity index (χ0) is 19.6. The molecule has 7 heteroatoms. The average Bonchev–Trinajstić information content (AvgIpc) is 2.77. The Morgan fingerprint density at radius 2 is 1.85 bits per heavy atom. The normalized spacial score (nSPS) is 61.4. The van der Waals surface area contributed by atoms with Gasteiger partial charge in [0.2, 0.25) is 0 Å². The topological polar surface area (TPSA) is 124 Å². The van der Waals surface area contributed by atoms with E-state index >= 15 is 0 Å². The van der Waals surface area contributed by atoms with Gasteiger partial charge < -0.3 is 25.2 Å². The smallest absolute Gasteiger partial charge is 0.320 e. The van der Waals surface area contributed by atoms with Gasteiger partial charge in [0.15, 0.2) is 5.78 Å². The summed E-state index contributed by atoms with van der Waals surface area (Å²) in [7, 11) is 0. The fourth-order valence-electron chi connectivity index (χ4n) is 7.96. The van der Waals surface area contributed by atoms with E-state index in [0.29, 0.717) is 12.8 Å². The van der Waals surface area contributed by atoms with Crippen LogP contribution in [-0.4, -0.2) is 61.7 Å². The van der Waals surface area contributed by atoms with Gasteiger partial charge in [-0.2, -0.15) is 0 Å². The predicted octanol–water partition coefficient (Wildman–Crippen LogP) is -0.0773. The third kappa shape index (κ3) is 1.70. The van der Waals surface area contributed by atoms with E-state index in [9.17, 15) is 30.0 Å². The van der Waals surface area contributed by atoms with Gasteiger partial charge in [0, 0.05) is 17.3 Å². The number of ketones is 1. The Kier molecular flexibility index (Phi) is 3.17. The van der Waals surface area contributed by atoms with Crippen LogP contribution in [0.1, 0.15) is 52.4 Å². The van der Waals surface area contributed by atoms with Crippen LogP contribution in [0.3, 0.4) is 0 Å². The van der Waals surface area contributed by atoms with Crippen molar-refractivity contribution in [3.63, 3.8) is 0 Å². The molecule has 0 aromatic rings. The van der Waals surface area contributed by atoms with Crippen LogP contribution >= 0.6 is 0 Å². The summed E-state index contributed by atoms with van der Waals surface area (Å²) in [6.07, 6.45) is 1.08. The molecule has 4 bridgehead atoms. The Balaban J connectivity index is 1.69. The molecular weight excluding hydrogens is 352 g/mol. The standard InChI is InChI=1S/C20H28O7/c1-10-6-20(26)11-3-4-18(24)7-17(11,8-19(18,25)9-21)13-5-12(20)16(2,14(10)22)15(23)27-13/h10-13,21,24-26H,3-9H2,1-2H3/t10?,11-,12-,13?,16?,17-,18-,19-,20+/m0/s1. The lowest BCUT2D eigenvalue weighted by Gasteiger charge is -2.66. The first-order valence-corrected chi connectivity index (χ1v) is 10.0. The number of carbonyl (C=O) groups is 2. The van der Waals surface area contributed by atoms with Crippen LogP contribution in [0, 0.1) is 28.6 Å². The number of aliphatic hydroxyl groups excluding tert-OH is 1. The number of fused-ring (bicyclic) bond motifs is 3. The summed E-state index contributed by atoms with van der Waals surface area (Å²) in [5.74, 6) is -2.03.